The molecule has 2 aromatic carbocycles. The molecule has 0 aliphatic carbocycles. The van der Waals surface area contributed by atoms with Crippen molar-refractivity contribution < 1.29 is 28.6 Å². The molecule has 1 amide bonds. The lowest BCUT2D eigenvalue weighted by Crippen LogP contribution is -2.49. The van der Waals surface area contributed by atoms with Gasteiger partial charge in [0.15, 0.2) is 5.92 Å². The van der Waals surface area contributed by atoms with Gasteiger partial charge in [0, 0.05) is 0 Å². The van der Waals surface area contributed by atoms with Crippen molar-refractivity contribution in [3.05, 3.63) is 71.8 Å². The highest BCUT2D eigenvalue weighted by atomic mass is 16.6. The van der Waals surface area contributed by atoms with E-state index in [9.17, 15) is 14.4 Å². The lowest BCUT2D eigenvalue weighted by Gasteiger charge is -2.27. The minimum atomic E-state index is -1.33. The van der Waals surface area contributed by atoms with E-state index in [2.05, 4.69) is 5.32 Å². The number of esters is 2. The van der Waals surface area contributed by atoms with Crippen molar-refractivity contribution in [3.8, 4) is 0 Å². The third-order valence-electron chi connectivity index (χ3n) is 4.66. The standard InChI is InChI=1S/C26H33NO6/c1-5-12-21(27-25(30)33-26(2,3)4)22(23(28)31-17-19-13-8-6-9-14-19)24(29)32-18-20-15-10-7-11-16-20/h6-11,13-16,21-22H,5,12,17-18H2,1-4H3,(H,27,30)/t21-/m0/s1. The minimum Gasteiger partial charge on any atom is -0.460 e. The summed E-state index contributed by atoms with van der Waals surface area (Å²) in [5.74, 6) is -2.84. The molecule has 0 unspecified atom stereocenters. The third kappa shape index (κ3) is 9.35. The maximum atomic E-state index is 13.0. The van der Waals surface area contributed by atoms with Gasteiger partial charge in [0.05, 0.1) is 6.04 Å². The largest absolute Gasteiger partial charge is 0.460 e. The van der Waals surface area contributed by atoms with Crippen LogP contribution in [0.4, 0.5) is 4.79 Å². The Morgan fingerprint density at radius 3 is 1.67 bits per heavy atom. The highest BCUT2D eigenvalue weighted by Crippen LogP contribution is 2.18. The lowest BCUT2D eigenvalue weighted by atomic mass is 9.95. The first-order chi connectivity index (χ1) is 15.7. The molecule has 7 heteroatoms. The lowest BCUT2D eigenvalue weighted by molar-refractivity contribution is -0.165. The molecule has 2 aromatic rings. The van der Waals surface area contributed by atoms with Gasteiger partial charge in [0.25, 0.3) is 0 Å². The third-order valence-corrected chi connectivity index (χ3v) is 4.66. The summed E-state index contributed by atoms with van der Waals surface area (Å²) >= 11 is 0. The molecule has 0 saturated carbocycles. The Kier molecular flexibility index (Phi) is 9.91. The van der Waals surface area contributed by atoms with E-state index in [1.807, 2.05) is 67.6 Å². The SMILES string of the molecule is CCC[C@H](NC(=O)OC(C)(C)C)C(C(=O)OCc1ccccc1)C(=O)OCc1ccccc1. The fourth-order valence-electron chi connectivity index (χ4n) is 3.15. The Bertz CT molecular complexity index is 837. The Hall–Kier alpha value is -3.35. The average Bonchev–Trinajstić information content (AvgIpc) is 2.76. The number of benzene rings is 2. The molecule has 0 spiro atoms. The fraction of sp³-hybridized carbons (Fsp3) is 0.423. The van der Waals surface area contributed by atoms with Crippen molar-refractivity contribution >= 4 is 18.0 Å². The van der Waals surface area contributed by atoms with Crippen LogP contribution in [0.5, 0.6) is 0 Å². The van der Waals surface area contributed by atoms with Crippen molar-refractivity contribution in [2.24, 2.45) is 5.92 Å². The van der Waals surface area contributed by atoms with Gasteiger partial charge in [0.2, 0.25) is 0 Å². The summed E-state index contributed by atoms with van der Waals surface area (Å²) < 4.78 is 16.2. The van der Waals surface area contributed by atoms with Gasteiger partial charge < -0.3 is 19.5 Å². The molecule has 2 rings (SSSR count). The van der Waals surface area contributed by atoms with E-state index in [0.29, 0.717) is 12.8 Å². The second-order valence-corrected chi connectivity index (χ2v) is 8.71. The van der Waals surface area contributed by atoms with E-state index in [0.717, 1.165) is 11.1 Å². The summed E-state index contributed by atoms with van der Waals surface area (Å²) in [4.78, 5) is 38.5. The molecule has 0 heterocycles. The highest BCUT2D eigenvalue weighted by molar-refractivity contribution is 5.96. The van der Waals surface area contributed by atoms with Gasteiger partial charge in [-0.1, -0.05) is 74.0 Å². The van der Waals surface area contributed by atoms with Crippen LogP contribution in [0.15, 0.2) is 60.7 Å². The zero-order valence-electron chi connectivity index (χ0n) is 19.7. The van der Waals surface area contributed by atoms with Gasteiger partial charge in [-0.2, -0.15) is 0 Å². The molecule has 0 radical (unpaired) electrons. The summed E-state index contributed by atoms with van der Waals surface area (Å²) in [6, 6.07) is 17.5. The molecular formula is C26H33NO6. The smallest absolute Gasteiger partial charge is 0.407 e. The number of rotatable bonds is 10. The molecule has 0 saturated heterocycles. The molecule has 0 aliphatic heterocycles. The summed E-state index contributed by atoms with van der Waals surface area (Å²) in [7, 11) is 0. The van der Waals surface area contributed by atoms with Crippen molar-refractivity contribution in [1.82, 2.24) is 5.32 Å². The first-order valence-corrected chi connectivity index (χ1v) is 11.1. The van der Waals surface area contributed by atoms with Crippen LogP contribution in [0.2, 0.25) is 0 Å². The second-order valence-electron chi connectivity index (χ2n) is 8.71. The van der Waals surface area contributed by atoms with Crippen molar-refractivity contribution in [2.45, 2.75) is 65.4 Å². The maximum absolute atomic E-state index is 13.0. The Morgan fingerprint density at radius 1 is 0.818 bits per heavy atom. The zero-order valence-corrected chi connectivity index (χ0v) is 19.7. The topological polar surface area (TPSA) is 90.9 Å². The number of hydrogen-bond acceptors (Lipinski definition) is 6. The molecule has 1 atom stereocenters. The number of nitrogens with one attached hydrogen (secondary N) is 1. The van der Waals surface area contributed by atoms with Crippen molar-refractivity contribution in [2.75, 3.05) is 0 Å². The molecule has 33 heavy (non-hydrogen) atoms. The van der Waals surface area contributed by atoms with Crippen LogP contribution >= 0.6 is 0 Å². The summed E-state index contributed by atoms with van der Waals surface area (Å²) in [6.45, 7) is 7.12. The maximum Gasteiger partial charge on any atom is 0.407 e. The van der Waals surface area contributed by atoms with Crippen LogP contribution < -0.4 is 5.32 Å². The number of ether oxygens (including phenoxy) is 3. The molecule has 178 valence electrons. The van der Waals surface area contributed by atoms with Crippen LogP contribution in [0, 0.1) is 5.92 Å². The number of carbonyl (C=O) groups excluding carboxylic acids is 3. The number of hydrogen-bond donors (Lipinski definition) is 1. The highest BCUT2D eigenvalue weighted by Gasteiger charge is 2.39. The van der Waals surface area contributed by atoms with Gasteiger partial charge in [-0.25, -0.2) is 4.79 Å². The van der Waals surface area contributed by atoms with Crippen molar-refractivity contribution in [3.63, 3.8) is 0 Å². The average molecular weight is 456 g/mol. The van der Waals surface area contributed by atoms with E-state index < -0.39 is 35.6 Å². The quantitative estimate of drug-likeness (QED) is 0.315. The monoisotopic (exact) mass is 455 g/mol. The summed E-state index contributed by atoms with van der Waals surface area (Å²) in [5, 5.41) is 2.67. The molecule has 0 bridgehead atoms. The summed E-state index contributed by atoms with van der Waals surface area (Å²) in [6.07, 6.45) is 0.275. The number of alkyl carbamates (subject to hydrolysis) is 1. The van der Waals surface area contributed by atoms with E-state index >= 15 is 0 Å². The molecule has 7 nitrogen and oxygen atoms in total. The normalized spacial score (nSPS) is 12.0. The van der Waals surface area contributed by atoms with Crippen LogP contribution in [0.25, 0.3) is 0 Å². The van der Waals surface area contributed by atoms with Crippen LogP contribution in [-0.4, -0.2) is 29.7 Å². The molecule has 0 fully saturated rings. The summed E-state index contributed by atoms with van der Waals surface area (Å²) in [5.41, 5.74) is 0.849. The Balaban J connectivity index is 2.18. The molecular weight excluding hydrogens is 422 g/mol. The van der Waals surface area contributed by atoms with Gasteiger partial charge in [0.1, 0.15) is 18.8 Å². The van der Waals surface area contributed by atoms with Crippen LogP contribution in [0.3, 0.4) is 0 Å². The molecule has 1 N–H and O–H groups in total. The predicted octanol–water partition coefficient (Wildman–Crippen LogP) is 4.78. The number of carbonyl (C=O) groups is 3. The first-order valence-electron chi connectivity index (χ1n) is 11.1. The zero-order chi connectivity index (χ0) is 24.3. The van der Waals surface area contributed by atoms with E-state index in [1.165, 1.54) is 0 Å². The van der Waals surface area contributed by atoms with Gasteiger partial charge in [-0.15, -0.1) is 0 Å². The van der Waals surface area contributed by atoms with Gasteiger partial charge in [-0.3, -0.25) is 9.59 Å². The molecule has 0 aliphatic rings. The predicted molar refractivity (Wildman–Crippen MR) is 124 cm³/mol. The van der Waals surface area contributed by atoms with Crippen LogP contribution in [-0.2, 0) is 37.0 Å². The van der Waals surface area contributed by atoms with E-state index in [-0.39, 0.29) is 13.2 Å². The van der Waals surface area contributed by atoms with Gasteiger partial charge in [-0.05, 0) is 38.3 Å². The van der Waals surface area contributed by atoms with E-state index in [1.54, 1.807) is 20.8 Å². The Morgan fingerprint density at radius 2 is 1.27 bits per heavy atom. The molecule has 0 aromatic heterocycles. The first kappa shape index (κ1) is 25.9. The minimum absolute atomic E-state index is 0.00736. The Labute approximate surface area is 195 Å². The second kappa shape index (κ2) is 12.6. The van der Waals surface area contributed by atoms with E-state index in [4.69, 9.17) is 14.2 Å². The fourth-order valence-corrected chi connectivity index (χ4v) is 3.15. The van der Waals surface area contributed by atoms with Gasteiger partial charge >= 0.3 is 18.0 Å². The van der Waals surface area contributed by atoms with Crippen LogP contribution in [0.1, 0.15) is 51.7 Å². The number of amides is 1. The van der Waals surface area contributed by atoms with Crippen molar-refractivity contribution in [1.29, 1.82) is 0 Å².